The Morgan fingerprint density at radius 2 is 1.62 bits per heavy atom. The largest absolute Gasteiger partial charge is 0.321 e. The van der Waals surface area contributed by atoms with E-state index < -0.39 is 5.91 Å². The molecule has 1 amide bonds. The van der Waals surface area contributed by atoms with Crippen LogP contribution < -0.4 is 5.32 Å². The van der Waals surface area contributed by atoms with Crippen LogP contribution in [0.4, 0.5) is 5.69 Å². The van der Waals surface area contributed by atoms with Crippen molar-refractivity contribution in [2.75, 3.05) is 5.32 Å². The molecule has 4 heteroatoms. The summed E-state index contributed by atoms with van der Waals surface area (Å²) in [6.45, 7) is 4.10. The molecule has 0 saturated heterocycles. The van der Waals surface area contributed by atoms with E-state index in [-0.39, 0.29) is 5.57 Å². The van der Waals surface area contributed by atoms with Gasteiger partial charge < -0.3 is 5.32 Å². The van der Waals surface area contributed by atoms with Gasteiger partial charge in [-0.2, -0.15) is 5.26 Å². The lowest BCUT2D eigenvalue weighted by Gasteiger charge is -2.09. The first-order valence-corrected chi connectivity index (χ1v) is 10.3. The highest BCUT2D eigenvalue weighted by atomic mass is 32.2. The molecule has 3 aromatic carbocycles. The van der Waals surface area contributed by atoms with Crippen LogP contribution in [0.15, 0.2) is 88.2 Å². The highest BCUT2D eigenvalue weighted by Crippen LogP contribution is 2.28. The average molecular weight is 399 g/mol. The first-order chi connectivity index (χ1) is 14.1. The predicted molar refractivity (Wildman–Crippen MR) is 120 cm³/mol. The Morgan fingerprint density at radius 3 is 2.24 bits per heavy atom. The summed E-state index contributed by atoms with van der Waals surface area (Å²) in [6, 6.07) is 25.8. The Bertz CT molecular complexity index is 1060. The summed E-state index contributed by atoms with van der Waals surface area (Å²) in [5.41, 5.74) is 3.91. The molecule has 3 nitrogen and oxygen atoms in total. The maximum atomic E-state index is 12.5. The van der Waals surface area contributed by atoms with E-state index in [0.29, 0.717) is 0 Å². The molecule has 0 aliphatic rings. The van der Waals surface area contributed by atoms with Gasteiger partial charge in [0.05, 0.1) is 0 Å². The molecule has 0 heterocycles. The van der Waals surface area contributed by atoms with Crippen molar-refractivity contribution in [3.05, 3.63) is 95.1 Å². The molecule has 0 bridgehead atoms. The van der Waals surface area contributed by atoms with E-state index in [9.17, 15) is 10.1 Å². The van der Waals surface area contributed by atoms with E-state index in [1.165, 1.54) is 10.5 Å². The second kappa shape index (κ2) is 9.77. The zero-order valence-electron chi connectivity index (χ0n) is 16.5. The molecule has 3 aromatic rings. The van der Waals surface area contributed by atoms with E-state index in [1.54, 1.807) is 17.8 Å². The van der Waals surface area contributed by atoms with Gasteiger partial charge in [-0.05, 0) is 60.9 Å². The number of nitrogens with zero attached hydrogens (tertiary/aromatic N) is 1. The van der Waals surface area contributed by atoms with Crippen molar-refractivity contribution < 1.29 is 4.79 Å². The van der Waals surface area contributed by atoms with Crippen molar-refractivity contribution in [3.8, 4) is 6.07 Å². The maximum Gasteiger partial charge on any atom is 0.266 e. The second-order valence-corrected chi connectivity index (χ2v) is 7.77. The fourth-order valence-electron chi connectivity index (χ4n) is 2.83. The molecular weight excluding hydrogens is 376 g/mol. The minimum Gasteiger partial charge on any atom is -0.321 e. The van der Waals surface area contributed by atoms with Crippen LogP contribution in [0, 0.1) is 18.3 Å². The number of carbonyl (C=O) groups is 1. The lowest BCUT2D eigenvalue weighted by molar-refractivity contribution is -0.112. The molecule has 0 atom stereocenters. The van der Waals surface area contributed by atoms with Crippen LogP contribution in [0.5, 0.6) is 0 Å². The van der Waals surface area contributed by atoms with Gasteiger partial charge in [0.15, 0.2) is 0 Å². The Kier molecular flexibility index (Phi) is 6.89. The number of anilines is 1. The van der Waals surface area contributed by atoms with Gasteiger partial charge in [-0.1, -0.05) is 66.7 Å². The molecule has 0 radical (unpaired) electrons. The van der Waals surface area contributed by atoms with Crippen LogP contribution in [0.3, 0.4) is 0 Å². The molecule has 0 fully saturated rings. The van der Waals surface area contributed by atoms with E-state index in [1.807, 2.05) is 61.5 Å². The normalized spacial score (nSPS) is 11.0. The van der Waals surface area contributed by atoms with E-state index in [0.717, 1.165) is 28.1 Å². The highest BCUT2D eigenvalue weighted by molar-refractivity contribution is 7.99. The number of hydrogen-bond acceptors (Lipinski definition) is 3. The first kappa shape index (κ1) is 20.4. The van der Waals surface area contributed by atoms with Gasteiger partial charge in [0.2, 0.25) is 0 Å². The summed E-state index contributed by atoms with van der Waals surface area (Å²) in [4.78, 5) is 14.8. The predicted octanol–water partition coefficient (Wildman–Crippen LogP) is 6.25. The SMILES string of the molecule is CCc1ccccc1NC(=O)/C(C#N)=C\c1ccc(Sc2ccc(C)cc2)cc1. The standard InChI is InChI=1S/C25H22N2OS/c1-3-20-6-4-5-7-24(20)27-25(28)21(17-26)16-19-10-14-23(15-11-19)29-22-12-8-18(2)9-13-22/h4-16H,3H2,1-2H3,(H,27,28)/b21-16-. The summed E-state index contributed by atoms with van der Waals surface area (Å²) < 4.78 is 0. The van der Waals surface area contributed by atoms with Crippen molar-refractivity contribution in [1.29, 1.82) is 5.26 Å². The summed E-state index contributed by atoms with van der Waals surface area (Å²) >= 11 is 1.68. The Labute approximate surface area is 176 Å². The lowest BCUT2D eigenvalue weighted by atomic mass is 10.1. The molecule has 0 spiro atoms. The van der Waals surface area contributed by atoms with E-state index >= 15 is 0 Å². The van der Waals surface area contributed by atoms with Crippen LogP contribution in [-0.4, -0.2) is 5.91 Å². The minimum atomic E-state index is -0.397. The monoisotopic (exact) mass is 398 g/mol. The number of carbonyl (C=O) groups excluding carboxylic acids is 1. The number of para-hydroxylation sites is 1. The molecule has 3 rings (SSSR count). The second-order valence-electron chi connectivity index (χ2n) is 6.62. The van der Waals surface area contributed by atoms with Crippen molar-refractivity contribution in [3.63, 3.8) is 0 Å². The van der Waals surface area contributed by atoms with Crippen molar-refractivity contribution in [1.82, 2.24) is 0 Å². The Hall–Kier alpha value is -3.29. The van der Waals surface area contributed by atoms with Gasteiger partial charge >= 0.3 is 0 Å². The topological polar surface area (TPSA) is 52.9 Å². The van der Waals surface area contributed by atoms with Gasteiger partial charge in [0, 0.05) is 15.5 Å². The number of aryl methyl sites for hydroxylation is 2. The van der Waals surface area contributed by atoms with E-state index in [2.05, 4.69) is 36.5 Å². The molecule has 0 aliphatic carbocycles. The molecular formula is C25H22N2OS. The quantitative estimate of drug-likeness (QED) is 0.394. The number of hydrogen-bond donors (Lipinski definition) is 1. The fraction of sp³-hybridized carbons (Fsp3) is 0.120. The third-order valence-corrected chi connectivity index (χ3v) is 5.48. The van der Waals surface area contributed by atoms with Gasteiger partial charge in [-0.25, -0.2) is 0 Å². The fourth-order valence-corrected chi connectivity index (χ4v) is 3.65. The molecule has 1 N–H and O–H groups in total. The van der Waals surface area contributed by atoms with Crippen LogP contribution in [-0.2, 0) is 11.2 Å². The van der Waals surface area contributed by atoms with Crippen LogP contribution in [0.2, 0.25) is 0 Å². The van der Waals surface area contributed by atoms with Gasteiger partial charge in [-0.3, -0.25) is 4.79 Å². The van der Waals surface area contributed by atoms with Crippen LogP contribution in [0.1, 0.15) is 23.6 Å². The number of amides is 1. The summed E-state index contributed by atoms with van der Waals surface area (Å²) in [7, 11) is 0. The molecule has 0 unspecified atom stereocenters. The van der Waals surface area contributed by atoms with Gasteiger partial charge in [-0.15, -0.1) is 0 Å². The zero-order chi connectivity index (χ0) is 20.6. The number of rotatable bonds is 6. The number of nitrogens with one attached hydrogen (secondary N) is 1. The summed E-state index contributed by atoms with van der Waals surface area (Å²) in [5.74, 6) is -0.397. The molecule has 144 valence electrons. The molecule has 0 saturated carbocycles. The average Bonchev–Trinajstić information content (AvgIpc) is 2.75. The lowest BCUT2D eigenvalue weighted by Crippen LogP contribution is -2.14. The number of benzene rings is 3. The summed E-state index contributed by atoms with van der Waals surface area (Å²) in [5, 5.41) is 12.3. The third kappa shape index (κ3) is 5.60. The summed E-state index contributed by atoms with van der Waals surface area (Å²) in [6.07, 6.45) is 2.42. The van der Waals surface area contributed by atoms with Gasteiger partial charge in [0.1, 0.15) is 11.6 Å². The smallest absolute Gasteiger partial charge is 0.266 e. The van der Waals surface area contributed by atoms with Crippen LogP contribution in [0.25, 0.3) is 6.08 Å². The van der Waals surface area contributed by atoms with Crippen molar-refractivity contribution in [2.45, 2.75) is 30.1 Å². The minimum absolute atomic E-state index is 0.0786. The van der Waals surface area contributed by atoms with E-state index in [4.69, 9.17) is 0 Å². The van der Waals surface area contributed by atoms with Crippen molar-refractivity contribution >= 4 is 29.4 Å². The Balaban J connectivity index is 1.72. The zero-order valence-corrected chi connectivity index (χ0v) is 17.3. The molecule has 29 heavy (non-hydrogen) atoms. The highest BCUT2D eigenvalue weighted by Gasteiger charge is 2.11. The third-order valence-electron chi connectivity index (χ3n) is 4.46. The molecule has 0 aromatic heterocycles. The van der Waals surface area contributed by atoms with Crippen molar-refractivity contribution in [2.24, 2.45) is 0 Å². The maximum absolute atomic E-state index is 12.5. The Morgan fingerprint density at radius 1 is 1.00 bits per heavy atom. The first-order valence-electron chi connectivity index (χ1n) is 9.44. The van der Waals surface area contributed by atoms with Gasteiger partial charge in [0.25, 0.3) is 5.91 Å². The number of nitriles is 1. The van der Waals surface area contributed by atoms with Crippen LogP contribution >= 0.6 is 11.8 Å². The molecule has 0 aliphatic heterocycles.